The van der Waals surface area contributed by atoms with Crippen molar-refractivity contribution in [3.05, 3.63) is 0 Å². The van der Waals surface area contributed by atoms with E-state index in [2.05, 4.69) is 0 Å². The van der Waals surface area contributed by atoms with Crippen LogP contribution in [0.15, 0.2) is 0 Å². The van der Waals surface area contributed by atoms with Gasteiger partial charge in [-0.25, -0.2) is 0 Å². The molecular weight excluding hydrogens is 132 g/mol. The number of ether oxygens (including phenoxy) is 3. The summed E-state index contributed by atoms with van der Waals surface area (Å²) < 4.78 is 15.7. The fraction of sp³-hybridized carbons (Fsp3) is 1.00. The van der Waals surface area contributed by atoms with Crippen molar-refractivity contribution < 1.29 is 14.2 Å². The Morgan fingerprint density at radius 2 is 1.80 bits per heavy atom. The zero-order valence-electron chi connectivity index (χ0n) is 6.72. The third-order valence-corrected chi connectivity index (χ3v) is 1.57. The Hall–Kier alpha value is -0.120. The summed E-state index contributed by atoms with van der Waals surface area (Å²) in [5.74, 6) is -0.422. The molecule has 0 bridgehead atoms. The van der Waals surface area contributed by atoms with Gasteiger partial charge in [0.2, 0.25) is 0 Å². The molecule has 1 saturated heterocycles. The fourth-order valence-electron chi connectivity index (χ4n) is 0.813. The van der Waals surface area contributed by atoms with Gasteiger partial charge in [0.15, 0.2) is 5.79 Å². The number of hydrogen-bond acceptors (Lipinski definition) is 3. The van der Waals surface area contributed by atoms with Gasteiger partial charge in [0.1, 0.15) is 6.10 Å². The molecule has 0 radical (unpaired) electrons. The highest BCUT2D eigenvalue weighted by atomic mass is 16.7. The average molecular weight is 146 g/mol. The summed E-state index contributed by atoms with van der Waals surface area (Å²) in [6.07, 6.45) is 0.105. The highest BCUT2D eigenvalue weighted by Crippen LogP contribution is 2.17. The first-order valence-electron chi connectivity index (χ1n) is 3.45. The first-order chi connectivity index (χ1) is 4.64. The highest BCUT2D eigenvalue weighted by Gasteiger charge is 2.27. The summed E-state index contributed by atoms with van der Waals surface area (Å²) >= 11 is 0. The Morgan fingerprint density at radius 3 is 2.20 bits per heavy atom. The van der Waals surface area contributed by atoms with Crippen LogP contribution in [-0.2, 0) is 14.2 Å². The van der Waals surface area contributed by atoms with E-state index in [9.17, 15) is 0 Å². The van der Waals surface area contributed by atoms with E-state index in [0.717, 1.165) is 0 Å². The Morgan fingerprint density at radius 1 is 1.30 bits per heavy atom. The summed E-state index contributed by atoms with van der Waals surface area (Å²) in [4.78, 5) is 0. The van der Waals surface area contributed by atoms with Crippen LogP contribution in [0, 0.1) is 0 Å². The number of rotatable bonds is 1. The standard InChI is InChI=1S/C7H14O3/c1-7(2)9-4-6(8-3)5-10-7/h6H,4-5H2,1-3H3. The van der Waals surface area contributed by atoms with Crippen molar-refractivity contribution in [3.8, 4) is 0 Å². The quantitative estimate of drug-likeness (QED) is 0.547. The van der Waals surface area contributed by atoms with Gasteiger partial charge in [0, 0.05) is 7.11 Å². The average Bonchev–Trinajstić information content (AvgIpc) is 1.88. The first kappa shape index (κ1) is 7.98. The normalized spacial score (nSPS) is 26.7. The Kier molecular flexibility index (Phi) is 2.28. The maximum atomic E-state index is 5.32. The van der Waals surface area contributed by atoms with E-state index in [-0.39, 0.29) is 6.10 Å². The second kappa shape index (κ2) is 2.86. The minimum Gasteiger partial charge on any atom is -0.377 e. The summed E-state index contributed by atoms with van der Waals surface area (Å²) in [5.41, 5.74) is 0. The fourth-order valence-corrected chi connectivity index (χ4v) is 0.813. The third kappa shape index (κ3) is 1.94. The largest absolute Gasteiger partial charge is 0.377 e. The molecule has 1 fully saturated rings. The van der Waals surface area contributed by atoms with Gasteiger partial charge in [-0.1, -0.05) is 0 Å². The molecule has 1 rings (SSSR count). The van der Waals surface area contributed by atoms with Crippen LogP contribution in [0.3, 0.4) is 0 Å². The summed E-state index contributed by atoms with van der Waals surface area (Å²) in [5, 5.41) is 0. The first-order valence-corrected chi connectivity index (χ1v) is 3.45. The Labute approximate surface area is 61.3 Å². The monoisotopic (exact) mass is 146 g/mol. The van der Waals surface area contributed by atoms with E-state index in [1.165, 1.54) is 0 Å². The lowest BCUT2D eigenvalue weighted by molar-refractivity contribution is -0.276. The van der Waals surface area contributed by atoms with E-state index in [4.69, 9.17) is 14.2 Å². The SMILES string of the molecule is COC1COC(C)(C)OC1. The van der Waals surface area contributed by atoms with Gasteiger partial charge in [-0.2, -0.15) is 0 Å². The predicted molar refractivity (Wildman–Crippen MR) is 36.8 cm³/mol. The van der Waals surface area contributed by atoms with Crippen LogP contribution in [0.5, 0.6) is 0 Å². The topological polar surface area (TPSA) is 27.7 Å². The minimum atomic E-state index is -0.422. The molecule has 0 atom stereocenters. The van der Waals surface area contributed by atoms with Crippen molar-refractivity contribution in [2.45, 2.75) is 25.7 Å². The number of hydrogen-bond donors (Lipinski definition) is 0. The molecule has 0 spiro atoms. The lowest BCUT2D eigenvalue weighted by Gasteiger charge is -2.34. The molecule has 0 saturated carbocycles. The molecule has 1 heterocycles. The molecule has 0 unspecified atom stereocenters. The minimum absolute atomic E-state index is 0.105. The molecule has 0 aliphatic carbocycles. The van der Waals surface area contributed by atoms with Crippen LogP contribution < -0.4 is 0 Å². The van der Waals surface area contributed by atoms with E-state index < -0.39 is 5.79 Å². The molecule has 0 amide bonds. The van der Waals surface area contributed by atoms with Crippen molar-refractivity contribution in [1.29, 1.82) is 0 Å². The van der Waals surface area contributed by atoms with Crippen molar-refractivity contribution in [1.82, 2.24) is 0 Å². The van der Waals surface area contributed by atoms with E-state index >= 15 is 0 Å². The molecular formula is C7H14O3. The van der Waals surface area contributed by atoms with Gasteiger partial charge in [0.05, 0.1) is 13.2 Å². The molecule has 1 aliphatic rings. The maximum Gasteiger partial charge on any atom is 0.163 e. The van der Waals surface area contributed by atoms with Crippen molar-refractivity contribution >= 4 is 0 Å². The van der Waals surface area contributed by atoms with Crippen LogP contribution in [-0.4, -0.2) is 32.2 Å². The maximum absolute atomic E-state index is 5.32. The van der Waals surface area contributed by atoms with Crippen molar-refractivity contribution in [2.75, 3.05) is 20.3 Å². The second-order valence-corrected chi connectivity index (χ2v) is 2.88. The van der Waals surface area contributed by atoms with Gasteiger partial charge >= 0.3 is 0 Å². The molecule has 3 heteroatoms. The van der Waals surface area contributed by atoms with Crippen molar-refractivity contribution in [2.24, 2.45) is 0 Å². The van der Waals surface area contributed by atoms with Crippen LogP contribution in [0.2, 0.25) is 0 Å². The molecule has 60 valence electrons. The van der Waals surface area contributed by atoms with Crippen LogP contribution in [0.1, 0.15) is 13.8 Å². The van der Waals surface area contributed by atoms with Crippen LogP contribution >= 0.6 is 0 Å². The second-order valence-electron chi connectivity index (χ2n) is 2.88. The molecule has 1 aliphatic heterocycles. The van der Waals surface area contributed by atoms with Gasteiger partial charge < -0.3 is 14.2 Å². The molecule has 0 N–H and O–H groups in total. The Bertz CT molecular complexity index is 101. The van der Waals surface area contributed by atoms with Gasteiger partial charge in [0.25, 0.3) is 0 Å². The number of methoxy groups -OCH3 is 1. The lowest BCUT2D eigenvalue weighted by Crippen LogP contribution is -2.42. The van der Waals surface area contributed by atoms with Gasteiger partial charge in [-0.15, -0.1) is 0 Å². The van der Waals surface area contributed by atoms with E-state index in [1.807, 2.05) is 13.8 Å². The van der Waals surface area contributed by atoms with Crippen LogP contribution in [0.4, 0.5) is 0 Å². The Balaban J connectivity index is 2.31. The molecule has 0 aromatic heterocycles. The highest BCUT2D eigenvalue weighted by molar-refractivity contribution is 4.66. The smallest absolute Gasteiger partial charge is 0.163 e. The predicted octanol–water partition coefficient (Wildman–Crippen LogP) is 0.784. The van der Waals surface area contributed by atoms with Crippen molar-refractivity contribution in [3.63, 3.8) is 0 Å². The molecule has 0 aromatic carbocycles. The van der Waals surface area contributed by atoms with Crippen LogP contribution in [0.25, 0.3) is 0 Å². The zero-order valence-corrected chi connectivity index (χ0v) is 6.72. The summed E-state index contributed by atoms with van der Waals surface area (Å²) in [6.45, 7) is 5.06. The zero-order chi connectivity index (χ0) is 7.61. The molecule has 10 heavy (non-hydrogen) atoms. The van der Waals surface area contributed by atoms with Gasteiger partial charge in [-0.3, -0.25) is 0 Å². The third-order valence-electron chi connectivity index (χ3n) is 1.57. The molecule has 0 aromatic rings. The van der Waals surface area contributed by atoms with E-state index in [0.29, 0.717) is 13.2 Å². The van der Waals surface area contributed by atoms with Gasteiger partial charge in [-0.05, 0) is 13.8 Å². The lowest BCUT2D eigenvalue weighted by atomic mass is 10.3. The summed E-state index contributed by atoms with van der Waals surface area (Å²) in [7, 11) is 1.66. The summed E-state index contributed by atoms with van der Waals surface area (Å²) in [6, 6.07) is 0. The molecule has 3 nitrogen and oxygen atoms in total. The van der Waals surface area contributed by atoms with E-state index in [1.54, 1.807) is 7.11 Å².